The standard InChI is InChI=1S/C14H13IN2O2S/c15-20-6-4-11-1-2-12(7-16-11)17-8-14(9-19-10-14)5-3-13(17)18/h1-2,7H,3,5,8-10H2. The molecule has 2 saturated heterocycles. The summed E-state index contributed by atoms with van der Waals surface area (Å²) in [5.41, 5.74) is 1.75. The minimum absolute atomic E-state index is 0.171. The second-order valence-corrected chi connectivity index (χ2v) is 6.86. The Morgan fingerprint density at radius 2 is 2.30 bits per heavy atom. The van der Waals surface area contributed by atoms with Crippen molar-refractivity contribution in [2.45, 2.75) is 12.8 Å². The van der Waals surface area contributed by atoms with Gasteiger partial charge in [0.2, 0.25) is 5.91 Å². The van der Waals surface area contributed by atoms with Gasteiger partial charge in [-0.25, -0.2) is 4.98 Å². The van der Waals surface area contributed by atoms with E-state index in [0.29, 0.717) is 6.42 Å². The number of halogens is 1. The second kappa shape index (κ2) is 5.92. The summed E-state index contributed by atoms with van der Waals surface area (Å²) in [6.07, 6.45) is 3.26. The van der Waals surface area contributed by atoms with Crippen LogP contribution in [-0.4, -0.2) is 30.6 Å². The zero-order valence-electron chi connectivity index (χ0n) is 10.8. The zero-order valence-corrected chi connectivity index (χ0v) is 13.7. The average Bonchev–Trinajstić information content (AvgIpc) is 2.45. The van der Waals surface area contributed by atoms with E-state index in [2.05, 4.69) is 37.4 Å². The van der Waals surface area contributed by atoms with Crippen LogP contribution in [0.15, 0.2) is 18.3 Å². The van der Waals surface area contributed by atoms with E-state index in [1.807, 2.05) is 17.0 Å². The fourth-order valence-electron chi connectivity index (χ4n) is 2.56. The van der Waals surface area contributed by atoms with E-state index in [1.165, 1.54) is 8.93 Å². The van der Waals surface area contributed by atoms with Crippen LogP contribution in [0.1, 0.15) is 18.5 Å². The highest BCUT2D eigenvalue weighted by Gasteiger charge is 2.44. The van der Waals surface area contributed by atoms with Crippen LogP contribution in [0.4, 0.5) is 5.69 Å². The molecule has 2 fully saturated rings. The molecule has 4 nitrogen and oxygen atoms in total. The van der Waals surface area contributed by atoms with E-state index in [-0.39, 0.29) is 11.3 Å². The number of rotatable bonds is 1. The molecule has 104 valence electrons. The summed E-state index contributed by atoms with van der Waals surface area (Å²) in [4.78, 5) is 18.2. The van der Waals surface area contributed by atoms with Gasteiger partial charge < -0.3 is 9.64 Å². The molecule has 0 aliphatic carbocycles. The van der Waals surface area contributed by atoms with Crippen LogP contribution in [0.2, 0.25) is 0 Å². The van der Waals surface area contributed by atoms with Gasteiger partial charge in [0.15, 0.2) is 0 Å². The van der Waals surface area contributed by atoms with Crippen LogP contribution in [0.3, 0.4) is 0 Å². The number of aromatic nitrogens is 1. The Kier molecular flexibility index (Phi) is 4.19. The molecular formula is C14H13IN2O2S. The smallest absolute Gasteiger partial charge is 0.227 e. The topological polar surface area (TPSA) is 42.4 Å². The third-order valence-electron chi connectivity index (χ3n) is 3.76. The molecule has 1 aromatic heterocycles. The number of ether oxygens (including phenoxy) is 1. The second-order valence-electron chi connectivity index (χ2n) is 5.18. The van der Waals surface area contributed by atoms with Crippen molar-refractivity contribution >= 4 is 41.7 Å². The van der Waals surface area contributed by atoms with E-state index in [9.17, 15) is 4.79 Å². The molecule has 0 N–H and O–H groups in total. The van der Waals surface area contributed by atoms with E-state index < -0.39 is 0 Å². The summed E-state index contributed by atoms with van der Waals surface area (Å²) in [6.45, 7) is 2.27. The third kappa shape index (κ3) is 2.80. The first-order valence-electron chi connectivity index (χ1n) is 6.35. The minimum atomic E-state index is 0.171. The molecule has 3 rings (SSSR count). The quantitative estimate of drug-likeness (QED) is 0.537. The lowest BCUT2D eigenvalue weighted by molar-refractivity contribution is -0.138. The van der Waals surface area contributed by atoms with Crippen LogP contribution >= 0.6 is 30.1 Å². The third-order valence-corrected chi connectivity index (χ3v) is 4.60. The number of hydrogen-bond donors (Lipinski definition) is 0. The predicted molar refractivity (Wildman–Crippen MR) is 87.6 cm³/mol. The maximum absolute atomic E-state index is 12.1. The first kappa shape index (κ1) is 14.2. The average molecular weight is 400 g/mol. The maximum Gasteiger partial charge on any atom is 0.227 e. The van der Waals surface area contributed by atoms with Crippen LogP contribution in [0.5, 0.6) is 0 Å². The highest BCUT2D eigenvalue weighted by molar-refractivity contribution is 14.2. The Balaban J connectivity index is 1.78. The van der Waals surface area contributed by atoms with Crippen molar-refractivity contribution in [1.82, 2.24) is 4.98 Å². The van der Waals surface area contributed by atoms with Crippen molar-refractivity contribution in [3.63, 3.8) is 0 Å². The number of piperidine rings is 1. The number of anilines is 1. The molecule has 0 saturated carbocycles. The van der Waals surface area contributed by atoms with Gasteiger partial charge in [-0.1, -0.05) is 0 Å². The molecule has 3 heterocycles. The first-order chi connectivity index (χ1) is 9.72. The first-order valence-corrected chi connectivity index (χ1v) is 9.71. The Hall–Kier alpha value is -0.780. The number of pyridine rings is 1. The number of carbonyl (C=O) groups is 1. The number of amides is 1. The maximum atomic E-state index is 12.1. The molecule has 20 heavy (non-hydrogen) atoms. The molecule has 0 radical (unpaired) electrons. The fourth-order valence-corrected chi connectivity index (χ4v) is 3.04. The molecule has 6 heteroatoms. The molecule has 0 bridgehead atoms. The lowest BCUT2D eigenvalue weighted by Crippen LogP contribution is -2.56. The van der Waals surface area contributed by atoms with Gasteiger partial charge in [-0.05, 0) is 38.7 Å². The monoisotopic (exact) mass is 400 g/mol. The number of carbonyl (C=O) groups excluding carboxylic acids is 1. The summed E-state index contributed by atoms with van der Waals surface area (Å²) in [5.74, 6) is 3.12. The Bertz CT molecular complexity index is 575. The lowest BCUT2D eigenvalue weighted by atomic mass is 9.78. The van der Waals surface area contributed by atoms with Crippen LogP contribution < -0.4 is 4.90 Å². The molecule has 0 unspecified atom stereocenters. The van der Waals surface area contributed by atoms with Gasteiger partial charge in [0.25, 0.3) is 0 Å². The summed E-state index contributed by atoms with van der Waals surface area (Å²) < 4.78 is 5.32. The van der Waals surface area contributed by atoms with E-state index in [4.69, 9.17) is 4.74 Å². The molecule has 2 aliphatic heterocycles. The van der Waals surface area contributed by atoms with Crippen molar-refractivity contribution in [3.8, 4) is 11.2 Å². The van der Waals surface area contributed by atoms with E-state index in [0.717, 1.165) is 37.6 Å². The zero-order chi connectivity index (χ0) is 14.0. The van der Waals surface area contributed by atoms with Gasteiger partial charge in [-0.15, -0.1) is 0 Å². The van der Waals surface area contributed by atoms with Crippen LogP contribution in [-0.2, 0) is 9.53 Å². The van der Waals surface area contributed by atoms with Gasteiger partial charge in [-0.3, -0.25) is 4.79 Å². The van der Waals surface area contributed by atoms with E-state index in [1.54, 1.807) is 6.20 Å². The highest BCUT2D eigenvalue weighted by atomic mass is 127. The predicted octanol–water partition coefficient (Wildman–Crippen LogP) is 2.62. The van der Waals surface area contributed by atoms with Gasteiger partial charge in [0.05, 0.1) is 25.1 Å². The normalized spacial score (nSPS) is 20.2. The summed E-state index contributed by atoms with van der Waals surface area (Å²) >= 11 is 2.12. The van der Waals surface area contributed by atoms with Crippen molar-refractivity contribution < 1.29 is 9.53 Å². The van der Waals surface area contributed by atoms with Gasteiger partial charge in [0.1, 0.15) is 5.69 Å². The number of hydrogen-bond acceptors (Lipinski definition) is 4. The summed E-state index contributed by atoms with van der Waals surface area (Å²) in [6, 6.07) is 3.78. The molecular weight excluding hydrogens is 387 g/mol. The fraction of sp³-hybridized carbons (Fsp3) is 0.429. The summed E-state index contributed by atoms with van der Waals surface area (Å²) in [5, 5.41) is 2.90. The van der Waals surface area contributed by atoms with E-state index >= 15 is 0 Å². The van der Waals surface area contributed by atoms with Gasteiger partial charge >= 0.3 is 0 Å². The molecule has 2 aliphatic rings. The highest BCUT2D eigenvalue weighted by Crippen LogP contribution is 2.38. The van der Waals surface area contributed by atoms with Crippen molar-refractivity contribution in [3.05, 3.63) is 24.0 Å². The molecule has 1 spiro atoms. The largest absolute Gasteiger partial charge is 0.380 e. The van der Waals surface area contributed by atoms with Crippen molar-refractivity contribution in [2.24, 2.45) is 5.41 Å². The van der Waals surface area contributed by atoms with Crippen LogP contribution in [0.25, 0.3) is 0 Å². The lowest BCUT2D eigenvalue weighted by Gasteiger charge is -2.47. The molecule has 0 aromatic carbocycles. The molecule has 1 amide bonds. The van der Waals surface area contributed by atoms with Crippen LogP contribution in [0, 0.1) is 16.6 Å². The molecule has 1 aromatic rings. The van der Waals surface area contributed by atoms with Crippen molar-refractivity contribution in [1.29, 1.82) is 0 Å². The molecule has 0 atom stereocenters. The Morgan fingerprint density at radius 3 is 2.90 bits per heavy atom. The Labute approximate surface area is 134 Å². The summed E-state index contributed by atoms with van der Waals surface area (Å²) in [7, 11) is 1.43. The van der Waals surface area contributed by atoms with Gasteiger partial charge in [-0.2, -0.15) is 0 Å². The Morgan fingerprint density at radius 1 is 1.45 bits per heavy atom. The number of nitrogens with zero attached hydrogens (tertiary/aromatic N) is 2. The van der Waals surface area contributed by atoms with Gasteiger partial charge in [0, 0.05) is 39.6 Å². The van der Waals surface area contributed by atoms with Crippen molar-refractivity contribution in [2.75, 3.05) is 24.7 Å². The SMILES string of the molecule is O=C1CCC2(COC2)CN1c1ccc(C#CSI)nc1. The minimum Gasteiger partial charge on any atom is -0.380 e.